The third kappa shape index (κ3) is 2.75. The van der Waals surface area contributed by atoms with E-state index in [1.807, 2.05) is 18.2 Å². The van der Waals surface area contributed by atoms with Crippen LogP contribution in [0.2, 0.25) is 0 Å². The van der Waals surface area contributed by atoms with Gasteiger partial charge in [0.15, 0.2) is 0 Å². The topological polar surface area (TPSA) is 29.5 Å². The number of hydrogen-bond donors (Lipinski definition) is 0. The molecule has 1 amide bonds. The van der Waals surface area contributed by atoms with Gasteiger partial charge in [0.2, 0.25) is 0 Å². The summed E-state index contributed by atoms with van der Waals surface area (Å²) in [6, 6.07) is 9.17. The van der Waals surface area contributed by atoms with Crippen LogP contribution in [0.25, 0.3) is 0 Å². The first kappa shape index (κ1) is 11.0. The summed E-state index contributed by atoms with van der Waals surface area (Å²) in [6.45, 7) is 3.01. The smallest absolute Gasteiger partial charge is 0.410 e. The second-order valence-corrected chi connectivity index (χ2v) is 4.53. The summed E-state index contributed by atoms with van der Waals surface area (Å²) in [4.78, 5) is 13.3. The van der Waals surface area contributed by atoms with Crippen molar-refractivity contribution in [3.8, 4) is 5.75 Å². The number of ether oxygens (including phenoxy) is 1. The number of carbonyl (C=O) groups is 1. The number of nitrogens with zero attached hydrogens (tertiary/aromatic N) is 1. The fourth-order valence-electron chi connectivity index (χ4n) is 1.75. The summed E-state index contributed by atoms with van der Waals surface area (Å²) in [6.07, 6.45) is 0.952. The van der Waals surface area contributed by atoms with Crippen LogP contribution < -0.4 is 4.74 Å². The zero-order chi connectivity index (χ0) is 11.5. The normalized spacial score (nSPS) is 22.6. The van der Waals surface area contributed by atoms with Crippen molar-refractivity contribution in [2.24, 2.45) is 11.8 Å². The molecule has 2 unspecified atom stereocenters. The van der Waals surface area contributed by atoms with Crippen LogP contribution in [-0.2, 0) is 0 Å². The number of amides is 1. The van der Waals surface area contributed by atoms with Crippen molar-refractivity contribution in [2.75, 3.05) is 13.6 Å². The van der Waals surface area contributed by atoms with Gasteiger partial charge >= 0.3 is 6.09 Å². The summed E-state index contributed by atoms with van der Waals surface area (Å²) in [7, 11) is 1.79. The fourth-order valence-corrected chi connectivity index (χ4v) is 1.75. The van der Waals surface area contributed by atoms with Crippen molar-refractivity contribution < 1.29 is 9.53 Å². The largest absolute Gasteiger partial charge is 0.414 e. The Balaban J connectivity index is 1.83. The Labute approximate surface area is 96.0 Å². The number of rotatable bonds is 3. The molecule has 1 fully saturated rings. The van der Waals surface area contributed by atoms with Gasteiger partial charge in [0.1, 0.15) is 5.75 Å². The predicted octanol–water partition coefficient (Wildman–Crippen LogP) is 2.77. The second-order valence-electron chi connectivity index (χ2n) is 4.53. The monoisotopic (exact) mass is 219 g/mol. The van der Waals surface area contributed by atoms with Crippen LogP contribution in [0.15, 0.2) is 30.3 Å². The highest BCUT2D eigenvalue weighted by Gasteiger charge is 2.34. The van der Waals surface area contributed by atoms with Gasteiger partial charge in [0, 0.05) is 13.6 Å². The molecular formula is C13H17NO2. The summed E-state index contributed by atoms with van der Waals surface area (Å²) in [5, 5.41) is 0. The van der Waals surface area contributed by atoms with E-state index < -0.39 is 0 Å². The van der Waals surface area contributed by atoms with Gasteiger partial charge in [0.05, 0.1) is 0 Å². The molecule has 1 aromatic carbocycles. The first-order valence-corrected chi connectivity index (χ1v) is 5.65. The molecule has 3 heteroatoms. The van der Waals surface area contributed by atoms with Gasteiger partial charge in [-0.15, -0.1) is 0 Å². The van der Waals surface area contributed by atoms with Crippen molar-refractivity contribution in [3.63, 3.8) is 0 Å². The van der Waals surface area contributed by atoms with Crippen LogP contribution in [0.4, 0.5) is 4.79 Å². The van der Waals surface area contributed by atoms with Crippen molar-refractivity contribution in [3.05, 3.63) is 30.3 Å². The van der Waals surface area contributed by atoms with Crippen LogP contribution in [0.3, 0.4) is 0 Å². The van der Waals surface area contributed by atoms with Crippen molar-refractivity contribution in [2.45, 2.75) is 13.3 Å². The van der Waals surface area contributed by atoms with Crippen LogP contribution in [0, 0.1) is 11.8 Å². The fraction of sp³-hybridized carbons (Fsp3) is 0.462. The molecule has 0 saturated heterocycles. The van der Waals surface area contributed by atoms with Gasteiger partial charge < -0.3 is 9.64 Å². The molecule has 1 saturated carbocycles. The number of hydrogen-bond acceptors (Lipinski definition) is 2. The molecule has 0 heterocycles. The minimum Gasteiger partial charge on any atom is -0.410 e. The molecule has 0 aromatic heterocycles. The Morgan fingerprint density at radius 3 is 2.62 bits per heavy atom. The maximum Gasteiger partial charge on any atom is 0.414 e. The van der Waals surface area contributed by atoms with E-state index >= 15 is 0 Å². The van der Waals surface area contributed by atoms with E-state index in [9.17, 15) is 4.79 Å². The molecule has 2 atom stereocenters. The highest BCUT2D eigenvalue weighted by molar-refractivity contribution is 5.70. The van der Waals surface area contributed by atoms with Crippen LogP contribution >= 0.6 is 0 Å². The molecule has 0 aliphatic heterocycles. The summed E-state index contributed by atoms with van der Waals surface area (Å²) >= 11 is 0. The van der Waals surface area contributed by atoms with Gasteiger partial charge in [-0.1, -0.05) is 25.1 Å². The molecule has 16 heavy (non-hydrogen) atoms. The highest BCUT2D eigenvalue weighted by atomic mass is 16.6. The van der Waals surface area contributed by atoms with Gasteiger partial charge in [0.25, 0.3) is 0 Å². The summed E-state index contributed by atoms with van der Waals surface area (Å²) in [5.74, 6) is 2.02. The molecule has 0 bridgehead atoms. The molecule has 1 aromatic rings. The minimum atomic E-state index is -0.273. The van der Waals surface area contributed by atoms with Crippen molar-refractivity contribution in [1.29, 1.82) is 0 Å². The molecule has 0 spiro atoms. The average molecular weight is 219 g/mol. The number of carbonyl (C=O) groups excluding carboxylic acids is 1. The molecule has 1 aliphatic rings. The lowest BCUT2D eigenvalue weighted by Crippen LogP contribution is -2.31. The Bertz CT molecular complexity index is 363. The number of para-hydroxylation sites is 1. The molecule has 2 rings (SSSR count). The molecular weight excluding hydrogens is 202 g/mol. The van der Waals surface area contributed by atoms with Crippen molar-refractivity contribution >= 4 is 6.09 Å². The molecule has 1 aliphatic carbocycles. The van der Waals surface area contributed by atoms with E-state index in [2.05, 4.69) is 6.92 Å². The quantitative estimate of drug-likeness (QED) is 0.782. The van der Waals surface area contributed by atoms with E-state index in [0.717, 1.165) is 12.5 Å². The maximum absolute atomic E-state index is 11.7. The van der Waals surface area contributed by atoms with E-state index in [-0.39, 0.29) is 6.09 Å². The Morgan fingerprint density at radius 2 is 2.06 bits per heavy atom. The lowest BCUT2D eigenvalue weighted by Gasteiger charge is -2.16. The Kier molecular flexibility index (Phi) is 3.13. The zero-order valence-electron chi connectivity index (χ0n) is 9.72. The first-order valence-electron chi connectivity index (χ1n) is 5.65. The lowest BCUT2D eigenvalue weighted by atomic mass is 10.3. The first-order chi connectivity index (χ1) is 7.66. The van der Waals surface area contributed by atoms with Crippen molar-refractivity contribution in [1.82, 2.24) is 4.90 Å². The lowest BCUT2D eigenvalue weighted by molar-refractivity contribution is 0.160. The standard InChI is InChI=1S/C13H17NO2/c1-10-8-11(10)9-14(2)13(15)16-12-6-4-3-5-7-12/h3-7,10-11H,8-9H2,1-2H3. The second kappa shape index (κ2) is 4.56. The van der Waals surface area contributed by atoms with Crippen LogP contribution in [0.5, 0.6) is 5.75 Å². The maximum atomic E-state index is 11.7. The van der Waals surface area contributed by atoms with Gasteiger partial charge in [-0.05, 0) is 30.4 Å². The van der Waals surface area contributed by atoms with Gasteiger partial charge in [-0.2, -0.15) is 0 Å². The van der Waals surface area contributed by atoms with Gasteiger partial charge in [-0.25, -0.2) is 4.79 Å². The third-order valence-electron chi connectivity index (χ3n) is 3.04. The molecule has 3 nitrogen and oxygen atoms in total. The van der Waals surface area contributed by atoms with E-state index in [4.69, 9.17) is 4.74 Å². The van der Waals surface area contributed by atoms with E-state index in [0.29, 0.717) is 11.7 Å². The van der Waals surface area contributed by atoms with Gasteiger partial charge in [-0.3, -0.25) is 0 Å². The Hall–Kier alpha value is -1.51. The number of benzene rings is 1. The molecule has 86 valence electrons. The van der Waals surface area contributed by atoms with Crippen LogP contribution in [0.1, 0.15) is 13.3 Å². The highest BCUT2D eigenvalue weighted by Crippen LogP contribution is 2.38. The van der Waals surface area contributed by atoms with E-state index in [1.165, 1.54) is 6.42 Å². The van der Waals surface area contributed by atoms with Crippen LogP contribution in [-0.4, -0.2) is 24.6 Å². The third-order valence-corrected chi connectivity index (χ3v) is 3.04. The predicted molar refractivity (Wildman–Crippen MR) is 62.4 cm³/mol. The Morgan fingerprint density at radius 1 is 1.44 bits per heavy atom. The molecule has 0 radical (unpaired) electrons. The zero-order valence-corrected chi connectivity index (χ0v) is 9.72. The average Bonchev–Trinajstić information content (AvgIpc) is 2.95. The minimum absolute atomic E-state index is 0.273. The van der Waals surface area contributed by atoms with E-state index in [1.54, 1.807) is 24.1 Å². The summed E-state index contributed by atoms with van der Waals surface area (Å²) < 4.78 is 5.23. The molecule has 0 N–H and O–H groups in total. The SMILES string of the molecule is CC1CC1CN(C)C(=O)Oc1ccccc1. The summed E-state index contributed by atoms with van der Waals surface area (Å²) in [5.41, 5.74) is 0.